The molecule has 3 nitrogen and oxygen atoms in total. The zero-order valence-corrected chi connectivity index (χ0v) is 6.10. The molecule has 0 rings (SSSR count). The average molecular weight is 149 g/mol. The fourth-order valence-electron chi connectivity index (χ4n) is 0.633. The quantitative estimate of drug-likeness (QED) is 0.585. The van der Waals surface area contributed by atoms with E-state index >= 15 is 0 Å². The molecule has 60 valence electrons. The van der Waals surface area contributed by atoms with Gasteiger partial charge in [-0.25, -0.2) is 0 Å². The predicted octanol–water partition coefficient (Wildman–Crippen LogP) is 0.960. The molecule has 0 amide bonds. The highest BCUT2D eigenvalue weighted by molar-refractivity contribution is 5.73. The molecule has 2 atom stereocenters. The van der Waals surface area contributed by atoms with Gasteiger partial charge in [0.1, 0.15) is 6.04 Å². The van der Waals surface area contributed by atoms with Gasteiger partial charge in [0, 0.05) is 0 Å². The van der Waals surface area contributed by atoms with E-state index in [4.69, 9.17) is 5.11 Å². The van der Waals surface area contributed by atoms with Gasteiger partial charge in [-0.15, -0.1) is 10.0 Å². The summed E-state index contributed by atoms with van der Waals surface area (Å²) in [7, 11) is 0. The molecule has 10 heavy (non-hydrogen) atoms. The minimum Gasteiger partial charge on any atom is -0.480 e. The molecule has 4 heteroatoms. The van der Waals surface area contributed by atoms with Crippen molar-refractivity contribution in [1.29, 1.82) is 0 Å². The van der Waals surface area contributed by atoms with Gasteiger partial charge < -0.3 is 5.11 Å². The molecule has 0 radical (unpaired) electrons. The van der Waals surface area contributed by atoms with E-state index in [2.05, 4.69) is 0 Å². The molecule has 0 aromatic carbocycles. The topological polar surface area (TPSA) is 49.3 Å². The second-order valence-corrected chi connectivity index (χ2v) is 2.31. The SMILES string of the molecule is CCC(C)C(NF)C(=O)O. The minimum absolute atomic E-state index is 0.178. The Morgan fingerprint density at radius 1 is 1.80 bits per heavy atom. The summed E-state index contributed by atoms with van der Waals surface area (Å²) in [5.74, 6) is -1.32. The van der Waals surface area contributed by atoms with E-state index in [0.717, 1.165) is 0 Å². The first-order valence-corrected chi connectivity index (χ1v) is 3.22. The van der Waals surface area contributed by atoms with E-state index in [1.807, 2.05) is 6.92 Å². The Morgan fingerprint density at radius 3 is 2.40 bits per heavy atom. The number of aliphatic carboxylic acids is 1. The summed E-state index contributed by atoms with van der Waals surface area (Å²) in [6.07, 6.45) is 0.647. The Balaban J connectivity index is 3.92. The van der Waals surface area contributed by atoms with Crippen molar-refractivity contribution in [3.8, 4) is 0 Å². The molecule has 0 fully saturated rings. The number of nitrogens with one attached hydrogen (secondary N) is 1. The third-order valence-corrected chi connectivity index (χ3v) is 1.60. The predicted molar refractivity (Wildman–Crippen MR) is 35.1 cm³/mol. The average Bonchev–Trinajstić information content (AvgIpc) is 1.88. The molecule has 0 aromatic heterocycles. The van der Waals surface area contributed by atoms with Crippen LogP contribution < -0.4 is 5.54 Å². The van der Waals surface area contributed by atoms with Crippen LogP contribution in [0.4, 0.5) is 4.48 Å². The fourth-order valence-corrected chi connectivity index (χ4v) is 0.633. The van der Waals surface area contributed by atoms with Crippen LogP contribution in [-0.2, 0) is 4.79 Å². The smallest absolute Gasteiger partial charge is 0.323 e. The van der Waals surface area contributed by atoms with Gasteiger partial charge in [-0.1, -0.05) is 20.3 Å². The van der Waals surface area contributed by atoms with Crippen LogP contribution in [0.2, 0.25) is 0 Å². The third kappa shape index (κ3) is 2.31. The number of carboxylic acids is 1. The first-order valence-electron chi connectivity index (χ1n) is 3.22. The maximum absolute atomic E-state index is 11.7. The lowest BCUT2D eigenvalue weighted by atomic mass is 10.0. The largest absolute Gasteiger partial charge is 0.480 e. The van der Waals surface area contributed by atoms with Crippen molar-refractivity contribution in [3.05, 3.63) is 0 Å². The number of halogens is 1. The van der Waals surface area contributed by atoms with Gasteiger partial charge in [-0.05, 0) is 5.92 Å². The summed E-state index contributed by atoms with van der Waals surface area (Å²) < 4.78 is 11.7. The van der Waals surface area contributed by atoms with Crippen LogP contribution in [0.25, 0.3) is 0 Å². The molecule has 0 bridgehead atoms. The van der Waals surface area contributed by atoms with E-state index in [0.29, 0.717) is 6.42 Å². The van der Waals surface area contributed by atoms with Crippen molar-refractivity contribution in [1.82, 2.24) is 5.54 Å². The number of hydrogen-bond donors (Lipinski definition) is 2. The molecule has 2 N–H and O–H groups in total. The van der Waals surface area contributed by atoms with Crippen molar-refractivity contribution >= 4 is 5.97 Å². The first-order chi connectivity index (χ1) is 4.63. The standard InChI is InChI=1S/C6H12FNO2/c1-3-4(2)5(8-7)6(9)10/h4-5,8H,3H2,1-2H3,(H,9,10). The molecular weight excluding hydrogens is 137 g/mol. The summed E-state index contributed by atoms with van der Waals surface area (Å²) in [4.78, 5) is 10.2. The fraction of sp³-hybridized carbons (Fsp3) is 0.833. The number of carbonyl (C=O) groups is 1. The number of rotatable bonds is 4. The summed E-state index contributed by atoms with van der Waals surface area (Å²) in [5, 5.41) is 8.37. The van der Waals surface area contributed by atoms with Gasteiger partial charge in [0.15, 0.2) is 0 Å². The van der Waals surface area contributed by atoms with Gasteiger partial charge in [0.25, 0.3) is 0 Å². The highest BCUT2D eigenvalue weighted by Gasteiger charge is 2.22. The molecule has 0 aliphatic rings. The van der Waals surface area contributed by atoms with Crippen molar-refractivity contribution < 1.29 is 14.4 Å². The van der Waals surface area contributed by atoms with E-state index in [1.165, 1.54) is 5.54 Å². The van der Waals surface area contributed by atoms with Crippen LogP contribution in [0.5, 0.6) is 0 Å². The Labute approximate surface area is 59.2 Å². The van der Waals surface area contributed by atoms with E-state index in [9.17, 15) is 9.28 Å². The van der Waals surface area contributed by atoms with E-state index in [1.54, 1.807) is 6.92 Å². The molecule has 0 aliphatic heterocycles. The minimum atomic E-state index is -1.14. The second kappa shape index (κ2) is 4.22. The zero-order valence-electron chi connectivity index (χ0n) is 6.10. The zero-order chi connectivity index (χ0) is 8.15. The maximum Gasteiger partial charge on any atom is 0.323 e. The normalized spacial score (nSPS) is 16.3. The Bertz CT molecular complexity index is 118. The molecule has 0 saturated heterocycles. The Hall–Kier alpha value is -0.640. The van der Waals surface area contributed by atoms with Crippen molar-refractivity contribution in [3.63, 3.8) is 0 Å². The van der Waals surface area contributed by atoms with E-state index in [-0.39, 0.29) is 5.92 Å². The maximum atomic E-state index is 11.7. The van der Waals surface area contributed by atoms with Crippen LogP contribution in [0.3, 0.4) is 0 Å². The molecule has 2 unspecified atom stereocenters. The van der Waals surface area contributed by atoms with Gasteiger partial charge in [0.2, 0.25) is 0 Å². The molecule has 0 aliphatic carbocycles. The van der Waals surface area contributed by atoms with Crippen molar-refractivity contribution in [2.45, 2.75) is 26.3 Å². The molecular formula is C6H12FNO2. The lowest BCUT2D eigenvalue weighted by Gasteiger charge is -2.14. The monoisotopic (exact) mass is 149 g/mol. The Morgan fingerprint density at radius 2 is 2.30 bits per heavy atom. The number of hydrogen-bond acceptors (Lipinski definition) is 2. The van der Waals surface area contributed by atoms with Crippen molar-refractivity contribution in [2.75, 3.05) is 0 Å². The van der Waals surface area contributed by atoms with Crippen LogP contribution >= 0.6 is 0 Å². The highest BCUT2D eigenvalue weighted by atomic mass is 19.2. The lowest BCUT2D eigenvalue weighted by Crippen LogP contribution is -2.37. The Kier molecular flexibility index (Phi) is 3.95. The summed E-state index contributed by atoms with van der Waals surface area (Å²) in [5.41, 5.74) is 1.25. The summed E-state index contributed by atoms with van der Waals surface area (Å²) in [6, 6.07) is -1.06. The van der Waals surface area contributed by atoms with Gasteiger partial charge in [-0.3, -0.25) is 4.79 Å². The molecule has 0 saturated carbocycles. The first kappa shape index (κ1) is 9.36. The van der Waals surface area contributed by atoms with Gasteiger partial charge in [0.05, 0.1) is 0 Å². The van der Waals surface area contributed by atoms with Crippen LogP contribution in [0.15, 0.2) is 0 Å². The van der Waals surface area contributed by atoms with Crippen LogP contribution in [0, 0.1) is 5.92 Å². The van der Waals surface area contributed by atoms with Gasteiger partial charge in [-0.2, -0.15) is 0 Å². The van der Waals surface area contributed by atoms with Gasteiger partial charge >= 0.3 is 5.97 Å². The summed E-state index contributed by atoms with van der Waals surface area (Å²) >= 11 is 0. The lowest BCUT2D eigenvalue weighted by molar-refractivity contribution is -0.142. The molecule has 0 spiro atoms. The molecule has 0 aromatic rings. The second-order valence-electron chi connectivity index (χ2n) is 2.31. The number of carboxylic acid groups (broad SMARTS) is 1. The van der Waals surface area contributed by atoms with Crippen LogP contribution in [0.1, 0.15) is 20.3 Å². The summed E-state index contributed by atoms with van der Waals surface area (Å²) in [6.45, 7) is 3.50. The van der Waals surface area contributed by atoms with Crippen molar-refractivity contribution in [2.24, 2.45) is 5.92 Å². The highest BCUT2D eigenvalue weighted by Crippen LogP contribution is 2.07. The molecule has 0 heterocycles. The van der Waals surface area contributed by atoms with Crippen LogP contribution in [-0.4, -0.2) is 17.1 Å². The third-order valence-electron chi connectivity index (χ3n) is 1.60. The van der Waals surface area contributed by atoms with E-state index < -0.39 is 12.0 Å².